The van der Waals surface area contributed by atoms with E-state index in [0.29, 0.717) is 23.5 Å². The van der Waals surface area contributed by atoms with E-state index in [1.807, 2.05) is 36.5 Å². The number of H-pyrrole nitrogens is 1. The molecule has 8 nitrogen and oxygen atoms in total. The van der Waals surface area contributed by atoms with Gasteiger partial charge in [-0.05, 0) is 104 Å². The van der Waals surface area contributed by atoms with Gasteiger partial charge in [-0.15, -0.1) is 0 Å². The summed E-state index contributed by atoms with van der Waals surface area (Å²) in [5, 5.41) is 9.85. The second kappa shape index (κ2) is 11.3. The lowest BCUT2D eigenvalue weighted by Gasteiger charge is -2.44. The number of rotatable bonds is 7. The van der Waals surface area contributed by atoms with Crippen molar-refractivity contribution in [2.75, 3.05) is 19.7 Å². The Morgan fingerprint density at radius 1 is 1.11 bits per heavy atom. The van der Waals surface area contributed by atoms with Crippen LogP contribution in [0.25, 0.3) is 21.9 Å². The van der Waals surface area contributed by atoms with E-state index in [1.54, 1.807) is 12.4 Å². The Kier molecular flexibility index (Phi) is 7.61. The Bertz CT molecular complexity index is 1420. The largest absolute Gasteiger partial charge is 0.771 e. The third-order valence-electron chi connectivity index (χ3n) is 8.23. The van der Waals surface area contributed by atoms with Gasteiger partial charge in [0.25, 0.3) is 0 Å². The number of ether oxygens (including phenoxy) is 1. The normalized spacial score (nSPS) is 24.4. The van der Waals surface area contributed by atoms with Crippen molar-refractivity contribution < 1.29 is 13.5 Å². The number of aromatic nitrogens is 4. The molecule has 2 aliphatic rings. The number of aromatic amines is 1. The summed E-state index contributed by atoms with van der Waals surface area (Å²) in [5.74, 6) is 1.55. The SMILES string of the molecule is O=S([O-])C(C1CCC(c2cn[nH]c3cnc4nccc4c23)CC1)N1CCCC(COc2ccc(Cl)cc2)C1. The molecule has 200 valence electrons. The zero-order chi connectivity index (χ0) is 26.1. The molecule has 6 rings (SSSR count). The third kappa shape index (κ3) is 5.30. The fraction of sp³-hybridized carbons (Fsp3) is 0.464. The Hall–Kier alpha value is -2.59. The van der Waals surface area contributed by atoms with Crippen molar-refractivity contribution in [2.45, 2.75) is 49.8 Å². The van der Waals surface area contributed by atoms with E-state index in [4.69, 9.17) is 16.3 Å². The quantitative estimate of drug-likeness (QED) is 0.305. The first-order valence-corrected chi connectivity index (χ1v) is 14.9. The molecular weight excluding hydrogens is 522 g/mol. The number of hydrogen-bond donors (Lipinski definition) is 1. The van der Waals surface area contributed by atoms with Crippen LogP contribution in [0, 0.1) is 11.8 Å². The molecule has 3 unspecified atom stereocenters. The van der Waals surface area contributed by atoms with Crippen LogP contribution in [0.4, 0.5) is 0 Å². The topological polar surface area (TPSA) is 107 Å². The molecule has 1 saturated carbocycles. The molecule has 1 saturated heterocycles. The molecule has 2 fully saturated rings. The second-order valence-corrected chi connectivity index (χ2v) is 12.0. The molecule has 1 aliphatic carbocycles. The van der Waals surface area contributed by atoms with Gasteiger partial charge in [-0.2, -0.15) is 5.10 Å². The lowest BCUT2D eigenvalue weighted by molar-refractivity contribution is 0.0876. The van der Waals surface area contributed by atoms with Crippen LogP contribution in [-0.4, -0.2) is 58.9 Å². The Morgan fingerprint density at radius 3 is 2.71 bits per heavy atom. The van der Waals surface area contributed by atoms with Gasteiger partial charge in [0.2, 0.25) is 0 Å². The molecule has 4 aromatic rings. The number of hydrogen-bond acceptors (Lipinski definition) is 7. The standard InChI is InChI=1S/C28H32ClN5O3S/c29-21-7-9-22(10-8-21)37-17-18-2-1-13-34(16-18)28(38(35)36)20-5-3-19(4-6-20)24-14-32-33-25-15-31-27-23(26(24)25)11-12-30-27/h7-12,14-15,18-20,28,33H,1-6,13,16-17H2,(H,35,36)/p-1. The van der Waals surface area contributed by atoms with Crippen molar-refractivity contribution in [3.05, 3.63) is 59.5 Å². The van der Waals surface area contributed by atoms with Gasteiger partial charge in [0.15, 0.2) is 5.65 Å². The molecule has 3 aromatic heterocycles. The average molecular weight is 553 g/mol. The van der Waals surface area contributed by atoms with Crippen molar-refractivity contribution in [1.82, 2.24) is 25.1 Å². The van der Waals surface area contributed by atoms with Gasteiger partial charge >= 0.3 is 0 Å². The van der Waals surface area contributed by atoms with Crippen LogP contribution in [0.15, 0.2) is 48.9 Å². The van der Waals surface area contributed by atoms with Gasteiger partial charge in [-0.3, -0.25) is 14.2 Å². The van der Waals surface area contributed by atoms with Gasteiger partial charge in [0.1, 0.15) is 5.75 Å². The van der Waals surface area contributed by atoms with Crippen LogP contribution in [0.1, 0.15) is 50.0 Å². The van der Waals surface area contributed by atoms with Crippen molar-refractivity contribution in [3.63, 3.8) is 0 Å². The molecule has 3 atom stereocenters. The van der Waals surface area contributed by atoms with Gasteiger partial charge in [0, 0.05) is 34.5 Å². The van der Waals surface area contributed by atoms with E-state index in [2.05, 4.69) is 25.1 Å². The molecule has 4 heterocycles. The van der Waals surface area contributed by atoms with Crippen LogP contribution in [-0.2, 0) is 11.1 Å². The maximum Gasteiger partial charge on any atom is 0.159 e. The Balaban J connectivity index is 1.13. The van der Waals surface area contributed by atoms with E-state index in [9.17, 15) is 8.76 Å². The van der Waals surface area contributed by atoms with Gasteiger partial charge in [0.05, 0.1) is 29.9 Å². The smallest absolute Gasteiger partial charge is 0.159 e. The highest BCUT2D eigenvalue weighted by Crippen LogP contribution is 2.42. The lowest BCUT2D eigenvalue weighted by atomic mass is 9.77. The number of halogens is 1. The molecule has 10 heteroatoms. The van der Waals surface area contributed by atoms with E-state index < -0.39 is 16.5 Å². The van der Waals surface area contributed by atoms with Gasteiger partial charge in [-0.25, -0.2) is 9.97 Å². The predicted octanol–water partition coefficient (Wildman–Crippen LogP) is 5.43. The summed E-state index contributed by atoms with van der Waals surface area (Å²) in [4.78, 5) is 11.0. The first-order valence-electron chi connectivity index (χ1n) is 13.3. The number of pyridine rings is 1. The summed E-state index contributed by atoms with van der Waals surface area (Å²) in [6.07, 6.45) is 11.2. The summed E-state index contributed by atoms with van der Waals surface area (Å²) < 4.78 is 31.1. The van der Waals surface area contributed by atoms with E-state index in [1.165, 1.54) is 5.56 Å². The summed E-state index contributed by atoms with van der Waals surface area (Å²) >= 11 is 3.82. The molecule has 38 heavy (non-hydrogen) atoms. The fourth-order valence-corrected chi connectivity index (χ4v) is 7.55. The van der Waals surface area contributed by atoms with Gasteiger partial charge in [-0.1, -0.05) is 11.6 Å². The minimum Gasteiger partial charge on any atom is -0.771 e. The molecular formula is C28H31ClN5O3S-. The average Bonchev–Trinajstić information content (AvgIpc) is 3.42. The van der Waals surface area contributed by atoms with Crippen LogP contribution in [0.2, 0.25) is 5.02 Å². The minimum atomic E-state index is -2.16. The molecule has 0 amide bonds. The molecule has 0 bridgehead atoms. The third-order valence-corrected chi connectivity index (χ3v) is 9.56. The highest BCUT2D eigenvalue weighted by Gasteiger charge is 2.35. The van der Waals surface area contributed by atoms with Gasteiger partial charge < -0.3 is 9.29 Å². The molecule has 1 aliphatic heterocycles. The molecule has 0 spiro atoms. The predicted molar refractivity (Wildman–Crippen MR) is 148 cm³/mol. The van der Waals surface area contributed by atoms with Crippen molar-refractivity contribution >= 4 is 44.6 Å². The first-order chi connectivity index (χ1) is 18.6. The number of nitrogens with one attached hydrogen (secondary N) is 1. The minimum absolute atomic E-state index is 0.122. The maximum atomic E-state index is 12.5. The Morgan fingerprint density at radius 2 is 1.92 bits per heavy atom. The van der Waals surface area contributed by atoms with Crippen LogP contribution >= 0.6 is 11.6 Å². The second-order valence-electron chi connectivity index (χ2n) is 10.6. The highest BCUT2D eigenvalue weighted by atomic mass is 35.5. The summed E-state index contributed by atoms with van der Waals surface area (Å²) in [6, 6.07) is 9.39. The summed E-state index contributed by atoms with van der Waals surface area (Å²) in [6.45, 7) is 2.13. The lowest BCUT2D eigenvalue weighted by Crippen LogP contribution is -2.49. The Labute approximate surface area is 229 Å². The zero-order valence-corrected chi connectivity index (χ0v) is 22.7. The monoisotopic (exact) mass is 552 g/mol. The number of likely N-dealkylation sites (tertiary alicyclic amines) is 1. The number of benzene rings is 1. The maximum absolute atomic E-state index is 12.5. The molecule has 0 radical (unpaired) electrons. The van der Waals surface area contributed by atoms with Crippen molar-refractivity contribution in [1.29, 1.82) is 0 Å². The summed E-state index contributed by atoms with van der Waals surface area (Å²) in [7, 11) is 0. The van der Waals surface area contributed by atoms with E-state index >= 15 is 0 Å². The number of fused-ring (bicyclic) bond motifs is 3. The van der Waals surface area contributed by atoms with Crippen LogP contribution < -0.4 is 4.74 Å². The van der Waals surface area contributed by atoms with Crippen molar-refractivity contribution in [3.8, 4) is 5.75 Å². The van der Waals surface area contributed by atoms with E-state index in [-0.39, 0.29) is 5.92 Å². The van der Waals surface area contributed by atoms with E-state index in [0.717, 1.165) is 79.3 Å². The number of piperidine rings is 1. The first kappa shape index (κ1) is 25.7. The number of nitrogens with zero attached hydrogens (tertiary/aromatic N) is 4. The molecule has 1 aromatic carbocycles. The summed E-state index contributed by atoms with van der Waals surface area (Å²) in [5.41, 5.74) is 2.85. The zero-order valence-electron chi connectivity index (χ0n) is 21.1. The van der Waals surface area contributed by atoms with Crippen LogP contribution in [0.3, 0.4) is 0 Å². The van der Waals surface area contributed by atoms with Crippen LogP contribution in [0.5, 0.6) is 5.75 Å². The molecule has 1 N–H and O–H groups in total. The fourth-order valence-electron chi connectivity index (χ4n) is 6.40. The highest BCUT2D eigenvalue weighted by molar-refractivity contribution is 7.79. The van der Waals surface area contributed by atoms with Crippen molar-refractivity contribution in [2.24, 2.45) is 11.8 Å².